The highest BCUT2D eigenvalue weighted by Gasteiger charge is 2.41. The summed E-state index contributed by atoms with van der Waals surface area (Å²) in [7, 11) is 3.38. The van der Waals surface area contributed by atoms with Crippen molar-refractivity contribution < 1.29 is 28.9 Å². The number of esters is 1. The van der Waals surface area contributed by atoms with E-state index in [9.17, 15) is 14.7 Å². The van der Waals surface area contributed by atoms with Crippen LogP contribution >= 0.6 is 0 Å². The molecule has 0 aromatic heterocycles. The van der Waals surface area contributed by atoms with E-state index in [1.165, 1.54) is 4.90 Å². The predicted octanol–water partition coefficient (Wildman–Crippen LogP) is 0.650. The minimum Gasteiger partial charge on any atom is -0.466 e. The summed E-state index contributed by atoms with van der Waals surface area (Å²) < 4.78 is 16.8. The van der Waals surface area contributed by atoms with Crippen LogP contribution in [0.3, 0.4) is 0 Å². The lowest BCUT2D eigenvalue weighted by Gasteiger charge is -2.41. The van der Waals surface area contributed by atoms with Crippen LogP contribution in [-0.2, 0) is 23.8 Å². The van der Waals surface area contributed by atoms with Crippen molar-refractivity contribution in [3.05, 3.63) is 12.2 Å². The minimum atomic E-state index is -0.825. The molecule has 1 N–H and O–H groups in total. The summed E-state index contributed by atoms with van der Waals surface area (Å²) in [6, 6.07) is 0. The molecular weight excluding hydrogens is 314 g/mol. The Labute approximate surface area is 142 Å². The van der Waals surface area contributed by atoms with E-state index in [1.54, 1.807) is 21.0 Å². The Kier molecular flexibility index (Phi) is 6.77. The standard InChI is InChI=1S/C17H27NO6/c1-4-22-16(20)10-14-11(19)9-15-12(23-14)7-5-6-8-13(24-15)17(21)18(2)3/h5-6,11-15,19H,4,7-10H2,1-3H3/b6-5-/t11-,12+,13-,14-,15+/m1/s1. The Morgan fingerprint density at radius 2 is 1.92 bits per heavy atom. The first-order chi connectivity index (χ1) is 11.4. The average molecular weight is 341 g/mol. The van der Waals surface area contributed by atoms with Gasteiger partial charge in [0.25, 0.3) is 5.91 Å². The molecule has 0 bridgehead atoms. The molecule has 2 aliphatic heterocycles. The van der Waals surface area contributed by atoms with E-state index in [2.05, 4.69) is 0 Å². The normalized spacial score (nSPS) is 34.4. The van der Waals surface area contributed by atoms with Gasteiger partial charge in [0.1, 0.15) is 6.10 Å². The maximum absolute atomic E-state index is 12.2. The van der Waals surface area contributed by atoms with E-state index in [1.807, 2.05) is 12.2 Å². The van der Waals surface area contributed by atoms with E-state index in [-0.39, 0.29) is 30.5 Å². The van der Waals surface area contributed by atoms with Crippen molar-refractivity contribution in [2.75, 3.05) is 20.7 Å². The Balaban J connectivity index is 2.03. The Morgan fingerprint density at radius 3 is 2.58 bits per heavy atom. The molecule has 2 rings (SSSR count). The summed E-state index contributed by atoms with van der Waals surface area (Å²) >= 11 is 0. The number of hydrogen-bond acceptors (Lipinski definition) is 6. The fourth-order valence-corrected chi connectivity index (χ4v) is 3.03. The number of amides is 1. The van der Waals surface area contributed by atoms with Crippen LogP contribution in [0.5, 0.6) is 0 Å². The summed E-state index contributed by atoms with van der Waals surface area (Å²) in [6.07, 6.45) is 2.68. The van der Waals surface area contributed by atoms with Gasteiger partial charge in [0.05, 0.1) is 37.4 Å². The third kappa shape index (κ3) is 4.78. The molecular formula is C17H27NO6. The topological polar surface area (TPSA) is 85.3 Å². The van der Waals surface area contributed by atoms with Crippen LogP contribution in [0.15, 0.2) is 12.2 Å². The molecule has 0 aliphatic carbocycles. The molecule has 0 radical (unpaired) electrons. The maximum Gasteiger partial charge on any atom is 0.308 e. The van der Waals surface area contributed by atoms with Gasteiger partial charge in [0, 0.05) is 26.9 Å². The number of aliphatic hydroxyl groups is 1. The number of fused-ring (bicyclic) bond motifs is 1. The third-order valence-corrected chi connectivity index (χ3v) is 4.28. The molecule has 1 saturated heterocycles. The van der Waals surface area contributed by atoms with Gasteiger partial charge < -0.3 is 24.2 Å². The lowest BCUT2D eigenvalue weighted by molar-refractivity contribution is -0.203. The van der Waals surface area contributed by atoms with Gasteiger partial charge in [-0.15, -0.1) is 0 Å². The molecule has 2 aliphatic rings. The largest absolute Gasteiger partial charge is 0.466 e. The molecule has 2 heterocycles. The van der Waals surface area contributed by atoms with Crippen LogP contribution in [0, 0.1) is 0 Å². The smallest absolute Gasteiger partial charge is 0.308 e. The quantitative estimate of drug-likeness (QED) is 0.597. The predicted molar refractivity (Wildman–Crippen MR) is 86.3 cm³/mol. The third-order valence-electron chi connectivity index (χ3n) is 4.28. The summed E-state index contributed by atoms with van der Waals surface area (Å²) in [5.41, 5.74) is 0. The van der Waals surface area contributed by atoms with Gasteiger partial charge in [-0.2, -0.15) is 0 Å². The van der Waals surface area contributed by atoms with Crippen molar-refractivity contribution in [3.8, 4) is 0 Å². The summed E-state index contributed by atoms with van der Waals surface area (Å²) in [4.78, 5) is 25.3. The van der Waals surface area contributed by atoms with Crippen molar-refractivity contribution in [1.82, 2.24) is 4.90 Å². The van der Waals surface area contributed by atoms with Gasteiger partial charge in [-0.05, 0) is 13.3 Å². The fraction of sp³-hybridized carbons (Fsp3) is 0.765. The number of likely N-dealkylation sites (N-methyl/N-ethyl adjacent to an activating group) is 1. The molecule has 0 unspecified atom stereocenters. The van der Waals surface area contributed by atoms with E-state index < -0.39 is 18.3 Å². The molecule has 0 aromatic rings. The van der Waals surface area contributed by atoms with E-state index in [4.69, 9.17) is 14.2 Å². The van der Waals surface area contributed by atoms with Gasteiger partial charge in [0.2, 0.25) is 0 Å². The molecule has 0 aromatic carbocycles. The lowest BCUT2D eigenvalue weighted by atomic mass is 9.93. The number of carbonyl (C=O) groups is 2. The summed E-state index contributed by atoms with van der Waals surface area (Å²) in [5.74, 6) is -0.494. The van der Waals surface area contributed by atoms with Crippen molar-refractivity contribution in [2.24, 2.45) is 0 Å². The number of hydrogen-bond donors (Lipinski definition) is 1. The molecule has 24 heavy (non-hydrogen) atoms. The number of ether oxygens (including phenoxy) is 3. The van der Waals surface area contributed by atoms with E-state index >= 15 is 0 Å². The molecule has 1 amide bonds. The first-order valence-corrected chi connectivity index (χ1v) is 8.43. The second-order valence-corrected chi connectivity index (χ2v) is 6.36. The van der Waals surface area contributed by atoms with Crippen LogP contribution in [0.25, 0.3) is 0 Å². The van der Waals surface area contributed by atoms with Crippen LogP contribution in [0.2, 0.25) is 0 Å². The number of nitrogens with zero attached hydrogens (tertiary/aromatic N) is 1. The second-order valence-electron chi connectivity index (χ2n) is 6.36. The molecule has 5 atom stereocenters. The zero-order valence-electron chi connectivity index (χ0n) is 14.5. The van der Waals surface area contributed by atoms with Gasteiger partial charge in [0.15, 0.2) is 0 Å². The van der Waals surface area contributed by atoms with Gasteiger partial charge in [-0.25, -0.2) is 0 Å². The highest BCUT2D eigenvalue weighted by molar-refractivity contribution is 5.80. The fourth-order valence-electron chi connectivity index (χ4n) is 3.03. The van der Waals surface area contributed by atoms with Crippen molar-refractivity contribution in [1.29, 1.82) is 0 Å². The second kappa shape index (κ2) is 8.60. The number of rotatable bonds is 4. The van der Waals surface area contributed by atoms with E-state index in [0.29, 0.717) is 25.9 Å². The Hall–Kier alpha value is -1.44. The highest BCUT2D eigenvalue weighted by atomic mass is 16.6. The maximum atomic E-state index is 12.2. The van der Waals surface area contributed by atoms with Crippen LogP contribution < -0.4 is 0 Å². The number of carbonyl (C=O) groups excluding carboxylic acids is 2. The van der Waals surface area contributed by atoms with Gasteiger partial charge >= 0.3 is 5.97 Å². The molecule has 0 saturated carbocycles. The monoisotopic (exact) mass is 341 g/mol. The number of aliphatic hydroxyl groups excluding tert-OH is 1. The molecule has 1 fully saturated rings. The molecule has 0 spiro atoms. The SMILES string of the molecule is CCOC(=O)C[C@H]1O[C@H]2C/C=C\C[C@H](C(=O)N(C)C)O[C@H]2C[C@H]1O. The van der Waals surface area contributed by atoms with Crippen molar-refractivity contribution in [3.63, 3.8) is 0 Å². The molecule has 7 nitrogen and oxygen atoms in total. The average Bonchev–Trinajstić information content (AvgIpc) is 2.50. The molecule has 136 valence electrons. The van der Waals surface area contributed by atoms with Crippen LogP contribution in [0.1, 0.15) is 32.6 Å². The lowest BCUT2D eigenvalue weighted by Crippen LogP contribution is -2.51. The van der Waals surface area contributed by atoms with Gasteiger partial charge in [-0.1, -0.05) is 12.2 Å². The zero-order chi connectivity index (χ0) is 17.7. The summed E-state index contributed by atoms with van der Waals surface area (Å²) in [5, 5.41) is 10.3. The summed E-state index contributed by atoms with van der Waals surface area (Å²) in [6.45, 7) is 2.04. The van der Waals surface area contributed by atoms with Gasteiger partial charge in [-0.3, -0.25) is 9.59 Å². The Morgan fingerprint density at radius 1 is 1.21 bits per heavy atom. The Bertz CT molecular complexity index is 478. The van der Waals surface area contributed by atoms with Crippen LogP contribution in [0.4, 0.5) is 0 Å². The first-order valence-electron chi connectivity index (χ1n) is 8.43. The van der Waals surface area contributed by atoms with Crippen LogP contribution in [-0.4, -0.2) is 73.1 Å². The highest BCUT2D eigenvalue weighted by Crippen LogP contribution is 2.30. The van der Waals surface area contributed by atoms with Crippen molar-refractivity contribution >= 4 is 11.9 Å². The van der Waals surface area contributed by atoms with E-state index in [0.717, 1.165) is 0 Å². The molecule has 7 heteroatoms. The zero-order valence-corrected chi connectivity index (χ0v) is 14.5. The minimum absolute atomic E-state index is 0.0159. The van der Waals surface area contributed by atoms with Crippen molar-refractivity contribution in [2.45, 2.75) is 63.1 Å². The first kappa shape index (κ1) is 18.9.